The first kappa shape index (κ1) is 17.5. The highest BCUT2D eigenvalue weighted by Crippen LogP contribution is 2.14. The second-order valence-corrected chi connectivity index (χ2v) is 4.86. The van der Waals surface area contributed by atoms with Crippen molar-refractivity contribution >= 4 is 17.8 Å². The zero-order valence-corrected chi connectivity index (χ0v) is 12.6. The predicted molar refractivity (Wildman–Crippen MR) is 79.0 cm³/mol. The number of ether oxygens (including phenoxy) is 1. The van der Waals surface area contributed by atoms with Gasteiger partial charge in [0.15, 0.2) is 6.10 Å². The van der Waals surface area contributed by atoms with Gasteiger partial charge in [-0.2, -0.15) is 0 Å². The Morgan fingerprint density at radius 1 is 1.23 bits per heavy atom. The number of nitrogens with one attached hydrogen (secondary N) is 2. The van der Waals surface area contributed by atoms with Crippen molar-refractivity contribution in [1.82, 2.24) is 10.9 Å². The molecule has 22 heavy (non-hydrogen) atoms. The van der Waals surface area contributed by atoms with Gasteiger partial charge in [0, 0.05) is 12.8 Å². The molecular weight excluding hydrogens is 288 g/mol. The van der Waals surface area contributed by atoms with Crippen LogP contribution >= 0.6 is 0 Å². The first-order chi connectivity index (χ1) is 10.4. The number of hydrogen-bond donors (Lipinski definition) is 3. The zero-order valence-electron chi connectivity index (χ0n) is 12.6. The Morgan fingerprint density at radius 3 is 2.59 bits per heavy atom. The third kappa shape index (κ3) is 6.74. The van der Waals surface area contributed by atoms with Crippen molar-refractivity contribution < 1.29 is 24.2 Å². The van der Waals surface area contributed by atoms with Crippen LogP contribution in [0.25, 0.3) is 0 Å². The first-order valence-corrected chi connectivity index (χ1v) is 6.92. The number of amides is 2. The van der Waals surface area contributed by atoms with Gasteiger partial charge in [-0.3, -0.25) is 25.2 Å². The van der Waals surface area contributed by atoms with E-state index in [2.05, 4.69) is 10.9 Å². The smallest absolute Gasteiger partial charge is 0.303 e. The maximum absolute atomic E-state index is 11.8. The summed E-state index contributed by atoms with van der Waals surface area (Å²) in [6, 6.07) is 7.27. The molecule has 0 aliphatic carbocycles. The van der Waals surface area contributed by atoms with E-state index in [9.17, 15) is 14.4 Å². The average molecular weight is 308 g/mol. The number of carboxylic acid groups (broad SMARTS) is 1. The lowest BCUT2D eigenvalue weighted by Crippen LogP contribution is -2.47. The van der Waals surface area contributed by atoms with Crippen LogP contribution in [0.2, 0.25) is 0 Å². The van der Waals surface area contributed by atoms with Crippen LogP contribution in [0.4, 0.5) is 0 Å². The molecule has 0 radical (unpaired) electrons. The van der Waals surface area contributed by atoms with Gasteiger partial charge < -0.3 is 9.84 Å². The van der Waals surface area contributed by atoms with E-state index in [1.54, 1.807) is 19.1 Å². The molecule has 1 aromatic carbocycles. The summed E-state index contributed by atoms with van der Waals surface area (Å²) in [6.07, 6.45) is -0.624. The highest BCUT2D eigenvalue weighted by Gasteiger charge is 2.15. The second-order valence-electron chi connectivity index (χ2n) is 4.86. The van der Waals surface area contributed by atoms with E-state index in [0.717, 1.165) is 5.56 Å². The van der Waals surface area contributed by atoms with Crippen LogP contribution in [0, 0.1) is 6.92 Å². The quantitative estimate of drug-likeness (QED) is 0.656. The molecule has 1 unspecified atom stereocenters. The van der Waals surface area contributed by atoms with Gasteiger partial charge in [0.2, 0.25) is 5.91 Å². The largest absolute Gasteiger partial charge is 0.481 e. The molecule has 0 aliphatic rings. The minimum Gasteiger partial charge on any atom is -0.481 e. The van der Waals surface area contributed by atoms with Crippen LogP contribution in [-0.2, 0) is 14.4 Å². The Hall–Kier alpha value is -2.57. The minimum atomic E-state index is -0.961. The monoisotopic (exact) mass is 308 g/mol. The molecule has 1 rings (SSSR count). The highest BCUT2D eigenvalue weighted by molar-refractivity contribution is 5.84. The summed E-state index contributed by atoms with van der Waals surface area (Å²) in [6.45, 7) is 3.48. The third-order valence-electron chi connectivity index (χ3n) is 2.79. The number of aryl methyl sites for hydroxylation is 1. The molecule has 3 N–H and O–H groups in total. The van der Waals surface area contributed by atoms with E-state index < -0.39 is 23.9 Å². The average Bonchev–Trinajstić information content (AvgIpc) is 2.44. The van der Waals surface area contributed by atoms with E-state index in [4.69, 9.17) is 9.84 Å². The highest BCUT2D eigenvalue weighted by atomic mass is 16.5. The SMILES string of the molecule is Cc1cccc(OC(C)C(=O)NNC(=O)CCCC(=O)O)c1. The van der Waals surface area contributed by atoms with Crippen molar-refractivity contribution in [3.8, 4) is 5.75 Å². The summed E-state index contributed by atoms with van der Waals surface area (Å²) in [5.74, 6) is -1.34. The maximum atomic E-state index is 11.8. The molecule has 1 aromatic rings. The fourth-order valence-electron chi connectivity index (χ4n) is 1.64. The number of carbonyl (C=O) groups is 3. The van der Waals surface area contributed by atoms with Crippen molar-refractivity contribution in [2.75, 3.05) is 0 Å². The first-order valence-electron chi connectivity index (χ1n) is 6.92. The Kier molecular flexibility index (Phi) is 6.88. The molecule has 0 fully saturated rings. The zero-order chi connectivity index (χ0) is 16.5. The Balaban J connectivity index is 2.32. The molecule has 7 nitrogen and oxygen atoms in total. The standard InChI is InChI=1S/C15H20N2O5/c1-10-5-3-6-12(9-10)22-11(2)15(21)17-16-13(18)7-4-8-14(19)20/h3,5-6,9,11H,4,7-8H2,1-2H3,(H,16,18)(H,17,21)(H,19,20). The van der Waals surface area contributed by atoms with E-state index in [1.165, 1.54) is 0 Å². The topological polar surface area (TPSA) is 105 Å². The van der Waals surface area contributed by atoms with E-state index in [0.29, 0.717) is 5.75 Å². The fraction of sp³-hybridized carbons (Fsp3) is 0.400. The minimum absolute atomic E-state index is 0.0275. The lowest BCUT2D eigenvalue weighted by molar-refractivity contribution is -0.137. The summed E-state index contributed by atoms with van der Waals surface area (Å²) in [5, 5.41) is 8.46. The molecule has 7 heteroatoms. The Bertz CT molecular complexity index is 544. The molecule has 0 aromatic heterocycles. The number of benzene rings is 1. The summed E-state index contributed by atoms with van der Waals surface area (Å²) < 4.78 is 5.46. The summed E-state index contributed by atoms with van der Waals surface area (Å²) >= 11 is 0. The fourth-order valence-corrected chi connectivity index (χ4v) is 1.64. The van der Waals surface area contributed by atoms with Crippen molar-refractivity contribution in [2.24, 2.45) is 0 Å². The number of aliphatic carboxylic acids is 1. The lowest BCUT2D eigenvalue weighted by Gasteiger charge is -2.15. The molecule has 1 atom stereocenters. The molecular formula is C15H20N2O5. The normalized spacial score (nSPS) is 11.4. The number of carbonyl (C=O) groups excluding carboxylic acids is 2. The van der Waals surface area contributed by atoms with Crippen molar-refractivity contribution in [3.63, 3.8) is 0 Å². The number of rotatable bonds is 7. The van der Waals surface area contributed by atoms with Crippen molar-refractivity contribution in [3.05, 3.63) is 29.8 Å². The second kappa shape index (κ2) is 8.66. The molecule has 120 valence electrons. The number of carboxylic acids is 1. The van der Waals surface area contributed by atoms with Gasteiger partial charge in [-0.1, -0.05) is 12.1 Å². The van der Waals surface area contributed by atoms with Gasteiger partial charge >= 0.3 is 5.97 Å². The van der Waals surface area contributed by atoms with Gasteiger partial charge in [0.25, 0.3) is 5.91 Å². The summed E-state index contributed by atoms with van der Waals surface area (Å²) in [7, 11) is 0. The van der Waals surface area contributed by atoms with E-state index in [-0.39, 0.29) is 19.3 Å². The molecule has 0 aliphatic heterocycles. The summed E-state index contributed by atoms with van der Waals surface area (Å²) in [5.41, 5.74) is 5.48. The molecule has 0 bridgehead atoms. The number of hydrogen-bond acceptors (Lipinski definition) is 4. The Morgan fingerprint density at radius 2 is 1.95 bits per heavy atom. The molecule has 0 saturated carbocycles. The van der Waals surface area contributed by atoms with Gasteiger partial charge in [0.05, 0.1) is 0 Å². The van der Waals surface area contributed by atoms with Crippen molar-refractivity contribution in [1.29, 1.82) is 0 Å². The number of hydrazine groups is 1. The Labute approximate surface area is 128 Å². The van der Waals surface area contributed by atoms with Crippen molar-refractivity contribution in [2.45, 2.75) is 39.2 Å². The van der Waals surface area contributed by atoms with Crippen LogP contribution in [0.15, 0.2) is 24.3 Å². The van der Waals surface area contributed by atoms with Crippen LogP contribution in [0.5, 0.6) is 5.75 Å². The van der Waals surface area contributed by atoms with Gasteiger partial charge in [-0.05, 0) is 38.0 Å². The molecule has 2 amide bonds. The third-order valence-corrected chi connectivity index (χ3v) is 2.79. The van der Waals surface area contributed by atoms with Gasteiger partial charge in [-0.15, -0.1) is 0 Å². The maximum Gasteiger partial charge on any atom is 0.303 e. The van der Waals surface area contributed by atoms with E-state index >= 15 is 0 Å². The van der Waals surface area contributed by atoms with Crippen LogP contribution in [-0.4, -0.2) is 29.0 Å². The van der Waals surface area contributed by atoms with Crippen LogP contribution in [0.3, 0.4) is 0 Å². The van der Waals surface area contributed by atoms with Crippen LogP contribution in [0.1, 0.15) is 31.7 Å². The van der Waals surface area contributed by atoms with Gasteiger partial charge in [-0.25, -0.2) is 0 Å². The van der Waals surface area contributed by atoms with E-state index in [1.807, 2.05) is 19.1 Å². The van der Waals surface area contributed by atoms with Crippen LogP contribution < -0.4 is 15.6 Å². The molecule has 0 spiro atoms. The predicted octanol–water partition coefficient (Wildman–Crippen LogP) is 1.16. The summed E-state index contributed by atoms with van der Waals surface area (Å²) in [4.78, 5) is 33.5. The lowest BCUT2D eigenvalue weighted by atomic mass is 10.2. The molecule has 0 heterocycles. The van der Waals surface area contributed by atoms with Gasteiger partial charge in [0.1, 0.15) is 5.75 Å². The molecule has 0 saturated heterocycles.